The Hall–Kier alpha value is -2.19. The topological polar surface area (TPSA) is 78.5 Å². The molecule has 2 N–H and O–H groups in total. The van der Waals surface area contributed by atoms with Crippen LogP contribution in [0.25, 0.3) is 0 Å². The van der Waals surface area contributed by atoms with Crippen LogP contribution in [0, 0.1) is 0 Å². The van der Waals surface area contributed by atoms with E-state index in [1.54, 1.807) is 31.3 Å². The monoisotopic (exact) mass is 423 g/mol. The van der Waals surface area contributed by atoms with Crippen molar-refractivity contribution < 1.29 is 14.4 Å². The Morgan fingerprint density at radius 1 is 1.12 bits per heavy atom. The first-order chi connectivity index (χ1) is 12.0. The highest BCUT2D eigenvalue weighted by molar-refractivity contribution is 9.10. The van der Waals surface area contributed by atoms with E-state index in [4.69, 9.17) is 0 Å². The second-order valence-electron chi connectivity index (χ2n) is 5.29. The number of carbonyl (C=O) groups is 3. The minimum atomic E-state index is -0.302. The van der Waals surface area contributed by atoms with Gasteiger partial charge in [0.2, 0.25) is 11.8 Å². The van der Waals surface area contributed by atoms with E-state index in [1.165, 1.54) is 16.2 Å². The average molecular weight is 424 g/mol. The number of amides is 3. The lowest BCUT2D eigenvalue weighted by Gasteiger charge is -2.15. The Balaban J connectivity index is 1.68. The lowest BCUT2D eigenvalue weighted by atomic mass is 10.3. The molecule has 0 spiro atoms. The lowest BCUT2D eigenvalue weighted by Crippen LogP contribution is -2.39. The number of thiophene rings is 1. The van der Waals surface area contributed by atoms with Crippen molar-refractivity contribution in [3.63, 3.8) is 0 Å². The quantitative estimate of drug-likeness (QED) is 0.718. The minimum Gasteiger partial charge on any atom is -0.354 e. The van der Waals surface area contributed by atoms with Gasteiger partial charge >= 0.3 is 0 Å². The van der Waals surface area contributed by atoms with E-state index in [9.17, 15) is 14.4 Å². The molecule has 1 aromatic heterocycles. The maximum absolute atomic E-state index is 12.0. The molecule has 0 aliphatic heterocycles. The molecule has 8 heteroatoms. The largest absolute Gasteiger partial charge is 0.354 e. The van der Waals surface area contributed by atoms with E-state index < -0.39 is 0 Å². The van der Waals surface area contributed by atoms with Gasteiger partial charge in [0.1, 0.15) is 0 Å². The highest BCUT2D eigenvalue weighted by atomic mass is 79.9. The van der Waals surface area contributed by atoms with Crippen LogP contribution >= 0.6 is 27.3 Å². The number of likely N-dealkylation sites (N-methyl/N-ethyl adjacent to an activating group) is 1. The number of hydrogen-bond acceptors (Lipinski definition) is 4. The van der Waals surface area contributed by atoms with Gasteiger partial charge in [-0.1, -0.05) is 22.0 Å². The number of benzene rings is 1. The second kappa shape index (κ2) is 9.33. The summed E-state index contributed by atoms with van der Waals surface area (Å²) in [5.41, 5.74) is 0.695. The maximum Gasteiger partial charge on any atom is 0.264 e. The standard InChI is InChI=1S/C17H18BrN3O3S/c1-21(17(24)14-3-2-10-25-14)11-16(23)19-9-8-15(22)20-13-6-4-12(18)5-7-13/h2-7,10H,8-9,11H2,1H3,(H,19,23)(H,20,22). The van der Waals surface area contributed by atoms with Crippen LogP contribution in [0.3, 0.4) is 0 Å². The van der Waals surface area contributed by atoms with Gasteiger partial charge in [-0.2, -0.15) is 0 Å². The molecule has 0 aliphatic carbocycles. The van der Waals surface area contributed by atoms with E-state index in [1.807, 2.05) is 17.5 Å². The first-order valence-electron chi connectivity index (χ1n) is 7.57. The molecule has 0 aliphatic rings. The van der Waals surface area contributed by atoms with Crippen molar-refractivity contribution in [1.29, 1.82) is 0 Å². The summed E-state index contributed by atoms with van der Waals surface area (Å²) < 4.78 is 0.930. The van der Waals surface area contributed by atoms with Gasteiger partial charge in [0.05, 0.1) is 11.4 Å². The molecule has 0 saturated heterocycles. The number of carbonyl (C=O) groups excluding carboxylic acids is 3. The van der Waals surface area contributed by atoms with Crippen LogP contribution in [0.1, 0.15) is 16.1 Å². The normalized spacial score (nSPS) is 10.2. The SMILES string of the molecule is CN(CC(=O)NCCC(=O)Nc1ccc(Br)cc1)C(=O)c1cccs1. The zero-order chi connectivity index (χ0) is 18.2. The van der Waals surface area contributed by atoms with Crippen LogP contribution in [0.15, 0.2) is 46.3 Å². The van der Waals surface area contributed by atoms with Gasteiger partial charge in [-0.3, -0.25) is 14.4 Å². The Labute approximate surface area is 158 Å². The van der Waals surface area contributed by atoms with Crippen LogP contribution in [-0.2, 0) is 9.59 Å². The zero-order valence-corrected chi connectivity index (χ0v) is 16.0. The number of anilines is 1. The van der Waals surface area contributed by atoms with Crippen molar-refractivity contribution in [1.82, 2.24) is 10.2 Å². The van der Waals surface area contributed by atoms with Crippen molar-refractivity contribution in [2.24, 2.45) is 0 Å². The molecule has 0 unspecified atom stereocenters. The number of nitrogens with zero attached hydrogens (tertiary/aromatic N) is 1. The first kappa shape index (κ1) is 19.1. The molecular weight excluding hydrogens is 406 g/mol. The van der Waals surface area contributed by atoms with Gasteiger partial charge in [-0.25, -0.2) is 0 Å². The first-order valence-corrected chi connectivity index (χ1v) is 9.24. The fourth-order valence-electron chi connectivity index (χ4n) is 2.00. The molecule has 0 bridgehead atoms. The van der Waals surface area contributed by atoms with Crippen molar-refractivity contribution in [3.8, 4) is 0 Å². The predicted molar refractivity (Wildman–Crippen MR) is 102 cm³/mol. The van der Waals surface area contributed by atoms with Gasteiger partial charge in [0.15, 0.2) is 0 Å². The molecule has 2 rings (SSSR count). The summed E-state index contributed by atoms with van der Waals surface area (Å²) in [6.45, 7) is 0.160. The van der Waals surface area contributed by atoms with Crippen LogP contribution in [-0.4, -0.2) is 42.8 Å². The molecule has 0 fully saturated rings. The highest BCUT2D eigenvalue weighted by Crippen LogP contribution is 2.14. The van der Waals surface area contributed by atoms with Gasteiger partial charge in [0, 0.05) is 30.2 Å². The third-order valence-corrected chi connectivity index (χ3v) is 4.65. The smallest absolute Gasteiger partial charge is 0.264 e. The van der Waals surface area contributed by atoms with Crippen molar-refractivity contribution in [2.75, 3.05) is 25.5 Å². The molecule has 25 heavy (non-hydrogen) atoms. The number of halogens is 1. The van der Waals surface area contributed by atoms with Crippen molar-refractivity contribution in [3.05, 3.63) is 51.1 Å². The van der Waals surface area contributed by atoms with Gasteiger partial charge < -0.3 is 15.5 Å². The molecule has 0 radical (unpaired) electrons. The molecule has 0 atom stereocenters. The van der Waals surface area contributed by atoms with Crippen LogP contribution in [0.4, 0.5) is 5.69 Å². The summed E-state index contributed by atoms with van der Waals surface area (Å²) in [5.74, 6) is -0.687. The molecule has 1 aromatic carbocycles. The fraction of sp³-hybridized carbons (Fsp3) is 0.235. The van der Waals surface area contributed by atoms with Gasteiger partial charge in [-0.05, 0) is 35.7 Å². The molecule has 6 nitrogen and oxygen atoms in total. The fourth-order valence-corrected chi connectivity index (χ4v) is 2.99. The molecule has 3 amide bonds. The van der Waals surface area contributed by atoms with E-state index in [-0.39, 0.29) is 37.2 Å². The summed E-state index contributed by atoms with van der Waals surface area (Å²) in [6, 6.07) is 10.7. The highest BCUT2D eigenvalue weighted by Gasteiger charge is 2.15. The number of hydrogen-bond donors (Lipinski definition) is 2. The minimum absolute atomic E-state index is 0.0505. The van der Waals surface area contributed by atoms with E-state index in [2.05, 4.69) is 26.6 Å². The molecule has 0 saturated carbocycles. The van der Waals surface area contributed by atoms with Crippen LogP contribution < -0.4 is 10.6 Å². The Morgan fingerprint density at radius 2 is 1.84 bits per heavy atom. The summed E-state index contributed by atoms with van der Waals surface area (Å²) in [6.07, 6.45) is 0.157. The molecule has 2 aromatic rings. The van der Waals surface area contributed by atoms with E-state index in [0.29, 0.717) is 10.6 Å². The Morgan fingerprint density at radius 3 is 2.48 bits per heavy atom. The zero-order valence-electron chi connectivity index (χ0n) is 13.6. The molecule has 132 valence electrons. The Bertz CT molecular complexity index is 732. The number of nitrogens with one attached hydrogen (secondary N) is 2. The van der Waals surface area contributed by atoms with E-state index >= 15 is 0 Å². The lowest BCUT2D eigenvalue weighted by molar-refractivity contribution is -0.121. The predicted octanol–water partition coefficient (Wildman–Crippen LogP) is 2.73. The van der Waals surface area contributed by atoms with Crippen LogP contribution in [0.5, 0.6) is 0 Å². The van der Waals surface area contributed by atoms with Crippen molar-refractivity contribution in [2.45, 2.75) is 6.42 Å². The van der Waals surface area contributed by atoms with Gasteiger partial charge in [0.25, 0.3) is 5.91 Å². The summed E-state index contributed by atoms with van der Waals surface area (Å²) in [4.78, 5) is 37.7. The third kappa shape index (κ3) is 6.32. The molecular formula is C17H18BrN3O3S. The summed E-state index contributed by atoms with van der Waals surface area (Å²) in [5, 5.41) is 7.20. The Kier molecular flexibility index (Phi) is 7.15. The third-order valence-electron chi connectivity index (χ3n) is 3.26. The summed E-state index contributed by atoms with van der Waals surface area (Å²) in [7, 11) is 1.57. The molecule has 1 heterocycles. The van der Waals surface area contributed by atoms with E-state index in [0.717, 1.165) is 4.47 Å². The average Bonchev–Trinajstić information content (AvgIpc) is 3.10. The second-order valence-corrected chi connectivity index (χ2v) is 7.16. The number of rotatable bonds is 7. The van der Waals surface area contributed by atoms with Crippen LogP contribution in [0.2, 0.25) is 0 Å². The summed E-state index contributed by atoms with van der Waals surface area (Å²) >= 11 is 4.66. The van der Waals surface area contributed by atoms with Crippen molar-refractivity contribution >= 4 is 50.7 Å². The van der Waals surface area contributed by atoms with Gasteiger partial charge in [-0.15, -0.1) is 11.3 Å². The maximum atomic E-state index is 12.0.